The summed E-state index contributed by atoms with van der Waals surface area (Å²) in [5.41, 5.74) is 2.54. The molecule has 118 valence electrons. The van der Waals surface area contributed by atoms with Gasteiger partial charge in [0.2, 0.25) is 5.82 Å². The Balaban J connectivity index is 2.33. The van der Waals surface area contributed by atoms with Crippen LogP contribution in [0, 0.1) is 0 Å². The Morgan fingerprint density at radius 2 is 1.96 bits per heavy atom. The highest BCUT2D eigenvalue weighted by atomic mass is 32.2. The number of nitrogens with zero attached hydrogens (tertiary/aromatic N) is 3. The Morgan fingerprint density at radius 3 is 2.61 bits per heavy atom. The summed E-state index contributed by atoms with van der Waals surface area (Å²) in [7, 11) is -3.48. The van der Waals surface area contributed by atoms with Crippen LogP contribution >= 0.6 is 0 Å². The number of aliphatic hydroxyl groups is 1. The van der Waals surface area contributed by atoms with Crippen LogP contribution in [0.3, 0.4) is 0 Å². The van der Waals surface area contributed by atoms with Crippen LogP contribution in [0.4, 0.5) is 0 Å². The van der Waals surface area contributed by atoms with Crippen molar-refractivity contribution in [3.8, 4) is 22.5 Å². The molecule has 0 spiro atoms. The minimum Gasteiger partial charge on any atom is -0.392 e. The van der Waals surface area contributed by atoms with E-state index < -0.39 is 9.84 Å². The van der Waals surface area contributed by atoms with Crippen LogP contribution in [0.25, 0.3) is 22.5 Å². The lowest BCUT2D eigenvalue weighted by atomic mass is 9.98. The normalized spacial score (nSPS) is 11.6. The van der Waals surface area contributed by atoms with E-state index in [0.717, 1.165) is 17.4 Å². The van der Waals surface area contributed by atoms with Gasteiger partial charge >= 0.3 is 0 Å². The second-order valence-electron chi connectivity index (χ2n) is 5.04. The van der Waals surface area contributed by atoms with E-state index in [-0.39, 0.29) is 17.3 Å². The summed E-state index contributed by atoms with van der Waals surface area (Å²) in [4.78, 5) is 0.130. The van der Waals surface area contributed by atoms with E-state index in [1.165, 1.54) is 6.07 Å². The summed E-state index contributed by atoms with van der Waals surface area (Å²) < 4.78 is 24.3. The molecule has 1 heterocycles. The topological polar surface area (TPSA) is 109 Å². The molecule has 0 bridgehead atoms. The van der Waals surface area contributed by atoms with Gasteiger partial charge in [0.15, 0.2) is 9.84 Å². The van der Waals surface area contributed by atoms with Gasteiger partial charge in [-0.2, -0.15) is 5.21 Å². The summed E-state index contributed by atoms with van der Waals surface area (Å²) in [5, 5.41) is 23.0. The molecule has 0 amide bonds. The van der Waals surface area contributed by atoms with Gasteiger partial charge in [-0.15, -0.1) is 10.2 Å². The van der Waals surface area contributed by atoms with Crippen LogP contribution < -0.4 is 0 Å². The average Bonchev–Trinajstić information content (AvgIpc) is 3.07. The summed E-state index contributed by atoms with van der Waals surface area (Å²) in [6, 6.07) is 12.2. The molecular formula is C15H14N4O3S. The Bertz CT molecular complexity index is 937. The van der Waals surface area contributed by atoms with Crippen molar-refractivity contribution in [2.24, 2.45) is 0 Å². The van der Waals surface area contributed by atoms with Gasteiger partial charge in [0, 0.05) is 11.8 Å². The minimum atomic E-state index is -3.48. The van der Waals surface area contributed by atoms with Crippen molar-refractivity contribution in [1.29, 1.82) is 0 Å². The zero-order valence-electron chi connectivity index (χ0n) is 12.3. The number of hydrogen-bond donors (Lipinski definition) is 2. The molecule has 3 rings (SSSR count). The third-order valence-electron chi connectivity index (χ3n) is 3.42. The van der Waals surface area contributed by atoms with Crippen molar-refractivity contribution >= 4 is 9.84 Å². The van der Waals surface area contributed by atoms with Gasteiger partial charge in [-0.25, -0.2) is 8.42 Å². The summed E-state index contributed by atoms with van der Waals surface area (Å²) in [6.45, 7) is -0.100. The third-order valence-corrected chi connectivity index (χ3v) is 4.55. The van der Waals surface area contributed by atoms with Gasteiger partial charge in [0.1, 0.15) is 0 Å². The first-order valence-corrected chi connectivity index (χ1v) is 8.67. The predicted molar refractivity (Wildman–Crippen MR) is 84.1 cm³/mol. The van der Waals surface area contributed by atoms with Crippen molar-refractivity contribution in [3.63, 3.8) is 0 Å². The van der Waals surface area contributed by atoms with Crippen LogP contribution in [0.2, 0.25) is 0 Å². The van der Waals surface area contributed by atoms with E-state index in [0.29, 0.717) is 11.1 Å². The largest absolute Gasteiger partial charge is 0.392 e. The van der Waals surface area contributed by atoms with E-state index in [4.69, 9.17) is 0 Å². The number of H-pyrrole nitrogens is 1. The van der Waals surface area contributed by atoms with Gasteiger partial charge in [-0.1, -0.05) is 30.3 Å². The molecule has 0 saturated heterocycles. The quantitative estimate of drug-likeness (QED) is 0.749. The number of aromatic amines is 1. The molecule has 8 heteroatoms. The minimum absolute atomic E-state index is 0.100. The summed E-state index contributed by atoms with van der Waals surface area (Å²) >= 11 is 0. The molecule has 23 heavy (non-hydrogen) atoms. The SMILES string of the molecule is CS(=O)(=O)c1cccc(-c2cccc(CO)c2)c1-c1nn[nH]n1. The number of aromatic nitrogens is 4. The molecule has 0 aliphatic rings. The lowest BCUT2D eigenvalue weighted by molar-refractivity contribution is 0.282. The van der Waals surface area contributed by atoms with E-state index in [2.05, 4.69) is 20.6 Å². The zero-order chi connectivity index (χ0) is 16.4. The van der Waals surface area contributed by atoms with Crippen LogP contribution in [0.1, 0.15) is 5.56 Å². The van der Waals surface area contributed by atoms with Crippen LogP contribution in [-0.2, 0) is 16.4 Å². The maximum Gasteiger partial charge on any atom is 0.206 e. The van der Waals surface area contributed by atoms with Crippen LogP contribution in [0.5, 0.6) is 0 Å². The first-order valence-electron chi connectivity index (χ1n) is 6.78. The Kier molecular flexibility index (Phi) is 3.93. The number of tetrazole rings is 1. The monoisotopic (exact) mass is 330 g/mol. The van der Waals surface area contributed by atoms with E-state index in [9.17, 15) is 13.5 Å². The first-order chi connectivity index (χ1) is 11.0. The number of rotatable bonds is 4. The molecule has 0 atom stereocenters. The van der Waals surface area contributed by atoms with Crippen molar-refractivity contribution < 1.29 is 13.5 Å². The highest BCUT2D eigenvalue weighted by Crippen LogP contribution is 2.35. The molecular weight excluding hydrogens is 316 g/mol. The molecule has 0 aliphatic heterocycles. The zero-order valence-corrected chi connectivity index (χ0v) is 13.1. The molecule has 0 fully saturated rings. The van der Waals surface area contributed by atoms with Gasteiger partial charge in [0.25, 0.3) is 0 Å². The molecule has 7 nitrogen and oxygen atoms in total. The Morgan fingerprint density at radius 1 is 1.17 bits per heavy atom. The Labute approximate surface area is 132 Å². The second-order valence-corrected chi connectivity index (χ2v) is 7.03. The lowest BCUT2D eigenvalue weighted by Gasteiger charge is -2.12. The van der Waals surface area contributed by atoms with Gasteiger partial charge in [0.05, 0.1) is 11.5 Å². The average molecular weight is 330 g/mol. The fourth-order valence-corrected chi connectivity index (χ4v) is 3.31. The number of benzene rings is 2. The lowest BCUT2D eigenvalue weighted by Crippen LogP contribution is -2.02. The van der Waals surface area contributed by atoms with E-state index >= 15 is 0 Å². The predicted octanol–water partition coefficient (Wildman–Crippen LogP) is 1.43. The number of hydrogen-bond acceptors (Lipinski definition) is 6. The van der Waals surface area contributed by atoms with Gasteiger partial charge < -0.3 is 5.11 Å². The molecule has 1 aromatic heterocycles. The van der Waals surface area contributed by atoms with Crippen LogP contribution in [-0.4, -0.2) is 40.4 Å². The van der Waals surface area contributed by atoms with Crippen molar-refractivity contribution in [3.05, 3.63) is 48.0 Å². The summed E-state index contributed by atoms with van der Waals surface area (Å²) in [5.74, 6) is 0.204. The molecule has 2 aromatic carbocycles. The van der Waals surface area contributed by atoms with Gasteiger partial charge in [-0.05, 0) is 34.0 Å². The maximum atomic E-state index is 12.1. The highest BCUT2D eigenvalue weighted by Gasteiger charge is 2.21. The maximum absolute atomic E-state index is 12.1. The standard InChI is InChI=1S/C15H14N4O3S/c1-23(21,22)13-7-3-6-12(14(13)15-16-18-19-17-15)11-5-2-4-10(8-11)9-20/h2-8,20H,9H2,1H3,(H,16,17,18,19). The van der Waals surface area contributed by atoms with Crippen molar-refractivity contribution in [1.82, 2.24) is 20.6 Å². The number of nitrogens with one attached hydrogen (secondary N) is 1. The second kappa shape index (κ2) is 5.90. The molecule has 0 radical (unpaired) electrons. The van der Waals surface area contributed by atoms with Gasteiger partial charge in [-0.3, -0.25) is 0 Å². The summed E-state index contributed by atoms with van der Waals surface area (Å²) in [6.07, 6.45) is 1.14. The Hall–Kier alpha value is -2.58. The number of aliphatic hydroxyl groups excluding tert-OH is 1. The molecule has 0 aliphatic carbocycles. The van der Waals surface area contributed by atoms with Crippen molar-refractivity contribution in [2.45, 2.75) is 11.5 Å². The number of sulfone groups is 1. The molecule has 0 saturated carbocycles. The van der Waals surface area contributed by atoms with Crippen LogP contribution in [0.15, 0.2) is 47.4 Å². The highest BCUT2D eigenvalue weighted by molar-refractivity contribution is 7.90. The molecule has 0 unspecified atom stereocenters. The molecule has 2 N–H and O–H groups in total. The van der Waals surface area contributed by atoms with E-state index in [1.807, 2.05) is 6.07 Å². The van der Waals surface area contributed by atoms with Crippen molar-refractivity contribution in [2.75, 3.05) is 6.26 Å². The molecule has 3 aromatic rings. The smallest absolute Gasteiger partial charge is 0.206 e. The fourth-order valence-electron chi connectivity index (χ4n) is 2.42. The fraction of sp³-hybridized carbons (Fsp3) is 0.133. The first kappa shape index (κ1) is 15.3. The van der Waals surface area contributed by atoms with E-state index in [1.54, 1.807) is 30.3 Å². The third kappa shape index (κ3) is 2.99.